The van der Waals surface area contributed by atoms with E-state index in [1.165, 1.54) is 12.1 Å². The topological polar surface area (TPSA) is 109 Å². The Morgan fingerprint density at radius 1 is 1.36 bits per heavy atom. The number of carbonyl (C=O) groups excluding carboxylic acids is 1. The van der Waals surface area contributed by atoms with E-state index in [-0.39, 0.29) is 35.7 Å². The standard InChI is InChI=1S/C18H27N5O4.HI/c1-18(2,3)27-17(24)21-14-9-10-22(12-14)16(19-4)20-11-13-5-7-15(8-6-13)23(25)26;/h5-8,14H,9-12H2,1-4H3,(H,19,20)(H,21,24);1H. The molecule has 1 aliphatic heterocycles. The minimum atomic E-state index is -0.523. The zero-order chi connectivity index (χ0) is 20.0. The summed E-state index contributed by atoms with van der Waals surface area (Å²) in [5.74, 6) is 0.724. The van der Waals surface area contributed by atoms with Gasteiger partial charge in [-0.15, -0.1) is 24.0 Å². The number of non-ortho nitro benzene ring substituents is 1. The second kappa shape index (κ2) is 10.4. The van der Waals surface area contributed by atoms with Crippen LogP contribution in [-0.2, 0) is 11.3 Å². The zero-order valence-corrected chi connectivity index (χ0v) is 18.9. The van der Waals surface area contributed by atoms with Gasteiger partial charge in [0.05, 0.1) is 11.0 Å². The number of rotatable bonds is 4. The molecule has 1 aliphatic rings. The number of ether oxygens (including phenoxy) is 1. The van der Waals surface area contributed by atoms with Crippen molar-refractivity contribution in [2.24, 2.45) is 4.99 Å². The number of nitrogens with one attached hydrogen (secondary N) is 2. The molecule has 1 aromatic carbocycles. The maximum absolute atomic E-state index is 11.9. The molecule has 1 fully saturated rings. The van der Waals surface area contributed by atoms with Gasteiger partial charge in [0.15, 0.2) is 5.96 Å². The Morgan fingerprint density at radius 2 is 2.00 bits per heavy atom. The monoisotopic (exact) mass is 505 g/mol. The number of alkyl carbamates (subject to hydrolysis) is 1. The maximum Gasteiger partial charge on any atom is 0.407 e. The van der Waals surface area contributed by atoms with Crippen LogP contribution in [0.2, 0.25) is 0 Å². The van der Waals surface area contributed by atoms with Gasteiger partial charge in [-0.05, 0) is 32.8 Å². The van der Waals surface area contributed by atoms with Crippen LogP contribution in [0.4, 0.5) is 10.5 Å². The largest absolute Gasteiger partial charge is 0.444 e. The fourth-order valence-corrected chi connectivity index (χ4v) is 2.79. The van der Waals surface area contributed by atoms with Crippen molar-refractivity contribution in [3.05, 3.63) is 39.9 Å². The molecule has 28 heavy (non-hydrogen) atoms. The van der Waals surface area contributed by atoms with E-state index in [1.807, 2.05) is 20.8 Å². The number of nitro groups is 1. The molecule has 9 nitrogen and oxygen atoms in total. The lowest BCUT2D eigenvalue weighted by Crippen LogP contribution is -2.44. The second-order valence-corrected chi connectivity index (χ2v) is 7.40. The van der Waals surface area contributed by atoms with Gasteiger partial charge < -0.3 is 20.3 Å². The lowest BCUT2D eigenvalue weighted by Gasteiger charge is -2.23. The van der Waals surface area contributed by atoms with Gasteiger partial charge in [-0.3, -0.25) is 15.1 Å². The number of nitro benzene ring substituents is 1. The predicted molar refractivity (Wildman–Crippen MR) is 118 cm³/mol. The summed E-state index contributed by atoms with van der Waals surface area (Å²) < 4.78 is 5.29. The number of nitrogens with zero attached hydrogens (tertiary/aromatic N) is 3. The molecule has 0 aliphatic carbocycles. The average Bonchev–Trinajstić information content (AvgIpc) is 3.02. The van der Waals surface area contributed by atoms with Crippen molar-refractivity contribution in [3.63, 3.8) is 0 Å². The van der Waals surface area contributed by atoms with E-state index in [0.29, 0.717) is 13.1 Å². The minimum absolute atomic E-state index is 0. The molecule has 1 heterocycles. The number of hydrogen-bond donors (Lipinski definition) is 2. The third-order valence-corrected chi connectivity index (χ3v) is 4.02. The number of amides is 1. The first-order valence-corrected chi connectivity index (χ1v) is 8.86. The Labute approximate surface area is 182 Å². The molecule has 1 atom stereocenters. The Bertz CT molecular complexity index is 703. The fourth-order valence-electron chi connectivity index (χ4n) is 2.79. The number of benzene rings is 1. The third-order valence-electron chi connectivity index (χ3n) is 4.02. The van der Waals surface area contributed by atoms with Gasteiger partial charge >= 0.3 is 6.09 Å². The van der Waals surface area contributed by atoms with Crippen LogP contribution in [0.1, 0.15) is 32.8 Å². The summed E-state index contributed by atoms with van der Waals surface area (Å²) in [5.41, 5.74) is 0.466. The van der Waals surface area contributed by atoms with Crippen LogP contribution in [0.5, 0.6) is 0 Å². The molecule has 1 aromatic rings. The molecule has 0 radical (unpaired) electrons. The number of halogens is 1. The normalized spacial score (nSPS) is 16.9. The van der Waals surface area contributed by atoms with Gasteiger partial charge in [-0.25, -0.2) is 4.79 Å². The highest BCUT2D eigenvalue weighted by Gasteiger charge is 2.27. The van der Waals surface area contributed by atoms with Crippen LogP contribution in [0.25, 0.3) is 0 Å². The lowest BCUT2D eigenvalue weighted by atomic mass is 10.2. The first-order chi connectivity index (χ1) is 12.7. The summed E-state index contributed by atoms with van der Waals surface area (Å²) in [6, 6.07) is 6.40. The predicted octanol–water partition coefficient (Wildman–Crippen LogP) is 2.89. The van der Waals surface area contributed by atoms with Gasteiger partial charge in [0.1, 0.15) is 5.60 Å². The van der Waals surface area contributed by atoms with Gasteiger partial charge in [0.25, 0.3) is 5.69 Å². The molecule has 1 saturated heterocycles. The van der Waals surface area contributed by atoms with Crippen LogP contribution < -0.4 is 10.6 Å². The Balaban J connectivity index is 0.00000392. The minimum Gasteiger partial charge on any atom is -0.444 e. The number of likely N-dealkylation sites (tertiary alicyclic amines) is 1. The number of carbonyl (C=O) groups is 1. The molecule has 2 N–H and O–H groups in total. The summed E-state index contributed by atoms with van der Waals surface area (Å²) in [6.07, 6.45) is 0.389. The lowest BCUT2D eigenvalue weighted by molar-refractivity contribution is -0.384. The van der Waals surface area contributed by atoms with Crippen molar-refractivity contribution in [2.75, 3.05) is 20.1 Å². The maximum atomic E-state index is 11.9. The summed E-state index contributed by atoms with van der Waals surface area (Å²) >= 11 is 0. The number of hydrogen-bond acceptors (Lipinski definition) is 5. The van der Waals surface area contributed by atoms with Crippen LogP contribution in [-0.4, -0.2) is 53.7 Å². The van der Waals surface area contributed by atoms with Crippen molar-refractivity contribution in [2.45, 2.75) is 45.4 Å². The highest BCUT2D eigenvalue weighted by molar-refractivity contribution is 14.0. The van der Waals surface area contributed by atoms with Crippen molar-refractivity contribution >= 4 is 41.7 Å². The molecular weight excluding hydrogens is 477 g/mol. The summed E-state index contributed by atoms with van der Waals surface area (Å²) in [7, 11) is 1.70. The summed E-state index contributed by atoms with van der Waals surface area (Å²) in [6.45, 7) is 7.40. The van der Waals surface area contributed by atoms with Crippen LogP contribution in [0.3, 0.4) is 0 Å². The van der Waals surface area contributed by atoms with Crippen LogP contribution in [0.15, 0.2) is 29.3 Å². The molecule has 0 bridgehead atoms. The zero-order valence-electron chi connectivity index (χ0n) is 16.6. The van der Waals surface area contributed by atoms with E-state index in [1.54, 1.807) is 19.2 Å². The average molecular weight is 505 g/mol. The SMILES string of the molecule is CN=C(NCc1ccc([N+](=O)[O-])cc1)N1CCC(NC(=O)OC(C)(C)C)C1.I. The first-order valence-electron chi connectivity index (χ1n) is 8.86. The second-order valence-electron chi connectivity index (χ2n) is 7.40. The Morgan fingerprint density at radius 3 is 2.54 bits per heavy atom. The highest BCUT2D eigenvalue weighted by atomic mass is 127. The quantitative estimate of drug-likeness (QED) is 0.214. The van der Waals surface area contributed by atoms with Gasteiger partial charge in [0.2, 0.25) is 0 Å². The highest BCUT2D eigenvalue weighted by Crippen LogP contribution is 2.14. The van der Waals surface area contributed by atoms with E-state index in [9.17, 15) is 14.9 Å². The molecule has 0 saturated carbocycles. The van der Waals surface area contributed by atoms with E-state index >= 15 is 0 Å². The Kier molecular flexibility index (Phi) is 8.92. The molecule has 0 spiro atoms. The van der Waals surface area contributed by atoms with Crippen molar-refractivity contribution in [1.29, 1.82) is 0 Å². The van der Waals surface area contributed by atoms with Crippen molar-refractivity contribution in [1.82, 2.24) is 15.5 Å². The van der Waals surface area contributed by atoms with Gasteiger partial charge in [-0.2, -0.15) is 0 Å². The molecule has 0 aromatic heterocycles. The smallest absolute Gasteiger partial charge is 0.407 e. The fraction of sp³-hybridized carbons (Fsp3) is 0.556. The summed E-state index contributed by atoms with van der Waals surface area (Å²) in [5, 5.41) is 16.8. The van der Waals surface area contributed by atoms with Crippen LogP contribution in [0, 0.1) is 10.1 Å². The molecule has 2 rings (SSSR count). The molecule has 156 valence electrons. The third kappa shape index (κ3) is 7.49. The molecule has 1 amide bonds. The van der Waals surface area contributed by atoms with E-state index < -0.39 is 16.6 Å². The molecular formula is C18H28IN5O4. The number of guanidine groups is 1. The van der Waals surface area contributed by atoms with Gasteiger partial charge in [-0.1, -0.05) is 12.1 Å². The first kappa shape index (κ1) is 23.9. The van der Waals surface area contributed by atoms with Crippen molar-refractivity contribution in [3.8, 4) is 0 Å². The van der Waals surface area contributed by atoms with E-state index in [0.717, 1.165) is 24.5 Å². The summed E-state index contributed by atoms with van der Waals surface area (Å²) in [4.78, 5) is 28.5. The number of aliphatic imine (C=N–C) groups is 1. The van der Waals surface area contributed by atoms with Crippen molar-refractivity contribution < 1.29 is 14.5 Å². The van der Waals surface area contributed by atoms with E-state index in [2.05, 4.69) is 20.5 Å². The van der Waals surface area contributed by atoms with Gasteiger partial charge in [0, 0.05) is 38.8 Å². The Hall–Kier alpha value is -2.11. The van der Waals surface area contributed by atoms with Crippen LogP contribution >= 0.6 is 24.0 Å². The molecule has 1 unspecified atom stereocenters. The van der Waals surface area contributed by atoms with E-state index in [4.69, 9.17) is 4.74 Å². The molecule has 10 heteroatoms.